The van der Waals surface area contributed by atoms with Crippen LogP contribution in [0.2, 0.25) is 0 Å². The minimum Gasteiger partial charge on any atom is -0.346 e. The number of hydrogen-bond acceptors (Lipinski definition) is 4. The molecule has 9 heteroatoms. The molecule has 0 saturated carbocycles. The second-order valence-electron chi connectivity index (χ2n) is 4.55. The molecule has 0 amide bonds. The van der Waals surface area contributed by atoms with E-state index in [2.05, 4.69) is 19.9 Å². The van der Waals surface area contributed by atoms with E-state index in [0.717, 1.165) is 23.3 Å². The molecule has 0 aliphatic carbocycles. The summed E-state index contributed by atoms with van der Waals surface area (Å²) in [6.45, 7) is 0. The first-order valence-electron chi connectivity index (χ1n) is 6.40. The highest BCUT2D eigenvalue weighted by molar-refractivity contribution is 5.85. The number of H-pyrrole nitrogens is 2. The van der Waals surface area contributed by atoms with Crippen molar-refractivity contribution in [1.82, 2.24) is 19.9 Å². The second-order valence-corrected chi connectivity index (χ2v) is 4.55. The van der Waals surface area contributed by atoms with Crippen molar-refractivity contribution in [3.05, 3.63) is 64.7 Å². The smallest absolute Gasteiger partial charge is 0.296 e. The third-order valence-corrected chi connectivity index (χ3v) is 3.04. The van der Waals surface area contributed by atoms with Crippen molar-refractivity contribution in [3.8, 4) is 0 Å². The number of nitrogens with one attached hydrogen (secondary N) is 2. The summed E-state index contributed by atoms with van der Waals surface area (Å²) in [4.78, 5) is 22.7. The van der Waals surface area contributed by atoms with E-state index < -0.39 is 10.7 Å². The van der Waals surface area contributed by atoms with E-state index in [4.69, 9.17) is 0 Å². The topological polar surface area (TPSA) is 100 Å². The maximum atomic E-state index is 12.7. The van der Waals surface area contributed by atoms with E-state index in [1.165, 1.54) is 18.5 Å². The van der Waals surface area contributed by atoms with Gasteiger partial charge in [0.2, 0.25) is 0 Å². The minimum absolute atomic E-state index is 0.165. The molecular weight excluding hydrogens is 308 g/mol. The van der Waals surface area contributed by atoms with Crippen LogP contribution in [0.5, 0.6) is 0 Å². The summed E-state index contributed by atoms with van der Waals surface area (Å²) in [5.74, 6) is -0.887. The van der Waals surface area contributed by atoms with Gasteiger partial charge in [0.05, 0.1) is 28.9 Å². The van der Waals surface area contributed by atoms with E-state index >= 15 is 0 Å². The lowest BCUT2D eigenvalue weighted by atomic mass is 10.3. The summed E-state index contributed by atoms with van der Waals surface area (Å²) in [6.07, 6.45) is 5.12. The number of fused-ring (bicyclic) bond motifs is 2. The molecule has 4 aromatic heterocycles. The highest BCUT2D eigenvalue weighted by Crippen LogP contribution is 2.23. The first-order chi connectivity index (χ1) is 11.0. The Morgan fingerprint density at radius 3 is 2.48 bits per heavy atom. The molecule has 2 N–H and O–H groups in total. The number of nitrogens with zero attached hydrogens (tertiary/aromatic N) is 3. The molecule has 7 nitrogen and oxygen atoms in total. The van der Waals surface area contributed by atoms with Gasteiger partial charge in [-0.15, -0.1) is 0 Å². The molecule has 0 atom stereocenters. The maximum absolute atomic E-state index is 12.7. The van der Waals surface area contributed by atoms with Gasteiger partial charge in [0.25, 0.3) is 5.69 Å². The van der Waals surface area contributed by atoms with Crippen LogP contribution in [0.3, 0.4) is 0 Å². The van der Waals surface area contributed by atoms with E-state index in [9.17, 15) is 18.9 Å². The van der Waals surface area contributed by atoms with Crippen molar-refractivity contribution in [2.24, 2.45) is 0 Å². The minimum atomic E-state index is -0.588. The summed E-state index contributed by atoms with van der Waals surface area (Å²) < 4.78 is 25.1. The van der Waals surface area contributed by atoms with Crippen molar-refractivity contribution < 1.29 is 13.7 Å². The van der Waals surface area contributed by atoms with Crippen molar-refractivity contribution in [3.63, 3.8) is 0 Å². The third-order valence-electron chi connectivity index (χ3n) is 3.04. The Balaban J connectivity index is 0.000000140. The molecule has 4 heterocycles. The molecule has 4 rings (SSSR count). The summed E-state index contributed by atoms with van der Waals surface area (Å²) >= 11 is 0. The molecule has 116 valence electrons. The van der Waals surface area contributed by atoms with Gasteiger partial charge in [-0.3, -0.25) is 10.1 Å². The largest absolute Gasteiger partial charge is 0.346 e. The lowest BCUT2D eigenvalue weighted by Gasteiger charge is -1.88. The van der Waals surface area contributed by atoms with Crippen LogP contribution in [-0.4, -0.2) is 24.9 Å². The van der Waals surface area contributed by atoms with Gasteiger partial charge in [0.15, 0.2) is 0 Å². The monoisotopic (exact) mass is 317 g/mol. The van der Waals surface area contributed by atoms with Crippen LogP contribution in [0, 0.1) is 21.7 Å². The van der Waals surface area contributed by atoms with Crippen LogP contribution in [-0.2, 0) is 0 Å². The Kier molecular flexibility index (Phi) is 3.67. The molecule has 0 spiro atoms. The van der Waals surface area contributed by atoms with Gasteiger partial charge in [0.1, 0.15) is 22.9 Å². The van der Waals surface area contributed by atoms with Crippen molar-refractivity contribution >= 4 is 27.8 Å². The Morgan fingerprint density at radius 2 is 1.74 bits per heavy atom. The lowest BCUT2D eigenvalue weighted by Crippen LogP contribution is -1.86. The van der Waals surface area contributed by atoms with Gasteiger partial charge in [-0.25, -0.2) is 18.7 Å². The zero-order chi connectivity index (χ0) is 16.4. The Hall–Kier alpha value is -3.36. The van der Waals surface area contributed by atoms with Crippen LogP contribution >= 0.6 is 0 Å². The number of rotatable bonds is 1. The van der Waals surface area contributed by atoms with E-state index in [1.807, 2.05) is 0 Å². The summed E-state index contributed by atoms with van der Waals surface area (Å²) in [6, 6.07) is 4.31. The first kappa shape index (κ1) is 14.6. The number of pyridine rings is 2. The predicted octanol–water partition coefficient (Wildman–Crippen LogP) is 3.31. The molecule has 0 radical (unpaired) electrons. The Morgan fingerprint density at radius 1 is 1.04 bits per heavy atom. The molecule has 0 aromatic carbocycles. The maximum Gasteiger partial charge on any atom is 0.296 e. The molecule has 4 aromatic rings. The van der Waals surface area contributed by atoms with Gasteiger partial charge in [-0.2, -0.15) is 0 Å². The zero-order valence-corrected chi connectivity index (χ0v) is 11.5. The highest BCUT2D eigenvalue weighted by Gasteiger charge is 2.14. The molecule has 0 fully saturated rings. The van der Waals surface area contributed by atoms with Gasteiger partial charge in [-0.05, 0) is 18.2 Å². The number of halogens is 2. The number of hydrogen-bond donors (Lipinski definition) is 2. The fourth-order valence-corrected chi connectivity index (χ4v) is 2.03. The quantitative estimate of drug-likeness (QED) is 0.415. The average Bonchev–Trinajstić information content (AvgIpc) is 3.13. The molecule has 0 bridgehead atoms. The fourth-order valence-electron chi connectivity index (χ4n) is 2.03. The van der Waals surface area contributed by atoms with Crippen LogP contribution in [0.15, 0.2) is 43.0 Å². The van der Waals surface area contributed by atoms with Crippen molar-refractivity contribution in [2.45, 2.75) is 0 Å². The number of nitro groups is 1. The summed E-state index contributed by atoms with van der Waals surface area (Å²) in [5.41, 5.74) is 0.872. The Bertz CT molecular complexity index is 995. The standard InChI is InChI=1S/C7H4FN3O2.C7H5FN2/c8-4-1-5-6(11(12)13)3-10-7(5)9-2-4;8-6-3-5-1-2-9-7(5)10-4-6/h1-3H,(H,9,10);1-4H,(H,9,10). The van der Waals surface area contributed by atoms with Gasteiger partial charge < -0.3 is 9.97 Å². The first-order valence-corrected chi connectivity index (χ1v) is 6.40. The zero-order valence-electron chi connectivity index (χ0n) is 11.5. The van der Waals surface area contributed by atoms with Crippen molar-refractivity contribution in [2.75, 3.05) is 0 Å². The number of aromatic amines is 2. The number of aromatic nitrogens is 4. The molecule has 23 heavy (non-hydrogen) atoms. The van der Waals surface area contributed by atoms with Gasteiger partial charge in [0, 0.05) is 11.6 Å². The molecular formula is C14H9F2N5O2. The fraction of sp³-hybridized carbons (Fsp3) is 0. The summed E-state index contributed by atoms with van der Waals surface area (Å²) in [5, 5.41) is 11.4. The predicted molar refractivity (Wildman–Crippen MR) is 78.8 cm³/mol. The van der Waals surface area contributed by atoms with Crippen molar-refractivity contribution in [1.29, 1.82) is 0 Å². The second kappa shape index (κ2) is 5.79. The molecule has 0 saturated heterocycles. The van der Waals surface area contributed by atoms with E-state index in [-0.39, 0.29) is 16.9 Å². The highest BCUT2D eigenvalue weighted by atomic mass is 19.1. The molecule has 0 aliphatic heterocycles. The van der Waals surface area contributed by atoms with Crippen LogP contribution in [0.4, 0.5) is 14.5 Å². The van der Waals surface area contributed by atoms with E-state index in [0.29, 0.717) is 5.65 Å². The van der Waals surface area contributed by atoms with Crippen LogP contribution in [0.25, 0.3) is 22.1 Å². The normalized spacial score (nSPS) is 10.5. The molecule has 0 aliphatic rings. The average molecular weight is 317 g/mol. The van der Waals surface area contributed by atoms with Gasteiger partial charge in [-0.1, -0.05) is 0 Å². The third kappa shape index (κ3) is 2.98. The summed E-state index contributed by atoms with van der Waals surface area (Å²) in [7, 11) is 0. The lowest BCUT2D eigenvalue weighted by molar-refractivity contribution is -0.383. The van der Waals surface area contributed by atoms with Gasteiger partial charge >= 0.3 is 0 Å². The Labute approximate surface area is 127 Å². The molecule has 0 unspecified atom stereocenters. The van der Waals surface area contributed by atoms with Crippen LogP contribution < -0.4 is 0 Å². The van der Waals surface area contributed by atoms with Crippen LogP contribution in [0.1, 0.15) is 0 Å². The van der Waals surface area contributed by atoms with E-state index in [1.54, 1.807) is 12.3 Å². The SMILES string of the molecule is Fc1cnc2[nH]ccc2c1.O=[N+]([O-])c1c[nH]c2ncc(F)cc12.